The summed E-state index contributed by atoms with van der Waals surface area (Å²) in [6.07, 6.45) is 1.95. The second-order valence-corrected chi connectivity index (χ2v) is 7.62. The number of rotatable bonds is 6. The summed E-state index contributed by atoms with van der Waals surface area (Å²) in [7, 11) is -3.45. The van der Waals surface area contributed by atoms with Crippen LogP contribution in [-0.4, -0.2) is 23.5 Å². The summed E-state index contributed by atoms with van der Waals surface area (Å²) in [6.45, 7) is 1.87. The highest BCUT2D eigenvalue weighted by Gasteiger charge is 2.20. The van der Waals surface area contributed by atoms with E-state index in [1.165, 1.54) is 17.6 Å². The Morgan fingerprint density at radius 2 is 2.14 bits per heavy atom. The minimum Gasteiger partial charge on any atom is -0.444 e. The van der Waals surface area contributed by atoms with E-state index < -0.39 is 9.84 Å². The third-order valence-electron chi connectivity index (χ3n) is 2.82. The first-order valence-electron chi connectivity index (χ1n) is 6.56. The Balaban J connectivity index is 1.71. The van der Waals surface area contributed by atoms with Gasteiger partial charge in [-0.2, -0.15) is 4.98 Å². The Kier molecular flexibility index (Phi) is 4.08. The molecule has 7 nitrogen and oxygen atoms in total. The van der Waals surface area contributed by atoms with E-state index in [9.17, 15) is 8.42 Å². The first kappa shape index (κ1) is 14.9. The minimum atomic E-state index is -3.45. The lowest BCUT2D eigenvalue weighted by Crippen LogP contribution is -2.08. The molecule has 0 spiro atoms. The molecule has 0 radical (unpaired) electrons. The van der Waals surface area contributed by atoms with Gasteiger partial charge in [0.15, 0.2) is 15.7 Å². The Bertz CT molecular complexity index is 850. The van der Waals surface area contributed by atoms with Crippen LogP contribution in [0.2, 0.25) is 0 Å². The summed E-state index contributed by atoms with van der Waals surface area (Å²) in [4.78, 5) is 9.06. The molecule has 0 saturated carbocycles. The quantitative estimate of drug-likeness (QED) is 0.680. The van der Waals surface area contributed by atoms with Crippen molar-refractivity contribution in [2.24, 2.45) is 0 Å². The van der Waals surface area contributed by atoms with Crippen LogP contribution in [0.25, 0.3) is 10.8 Å². The van der Waals surface area contributed by atoms with Gasteiger partial charge in [-0.05, 0) is 11.4 Å². The number of oxazole rings is 1. The van der Waals surface area contributed by atoms with Gasteiger partial charge in [-0.15, -0.1) is 11.3 Å². The molecule has 3 heterocycles. The number of aromatic nitrogens is 3. The van der Waals surface area contributed by atoms with Crippen LogP contribution < -0.4 is 0 Å². The van der Waals surface area contributed by atoms with Crippen molar-refractivity contribution in [1.29, 1.82) is 0 Å². The lowest BCUT2D eigenvalue weighted by molar-refractivity contribution is 0.383. The Morgan fingerprint density at radius 3 is 2.82 bits per heavy atom. The van der Waals surface area contributed by atoms with Crippen LogP contribution >= 0.6 is 11.3 Å². The second kappa shape index (κ2) is 6.01. The van der Waals surface area contributed by atoms with Crippen LogP contribution in [0.3, 0.4) is 0 Å². The van der Waals surface area contributed by atoms with E-state index in [1.54, 1.807) is 0 Å². The molecule has 3 rings (SSSR count). The Hall–Kier alpha value is -2.00. The van der Waals surface area contributed by atoms with Crippen LogP contribution in [0, 0.1) is 0 Å². The van der Waals surface area contributed by atoms with Gasteiger partial charge in [-0.3, -0.25) is 0 Å². The first-order valence-corrected chi connectivity index (χ1v) is 9.26. The third-order valence-corrected chi connectivity index (χ3v) is 5.10. The lowest BCUT2D eigenvalue weighted by Gasteiger charge is -1.97. The van der Waals surface area contributed by atoms with Gasteiger partial charge in [0.05, 0.1) is 16.3 Å². The molecule has 0 aromatic carbocycles. The van der Waals surface area contributed by atoms with Crippen molar-refractivity contribution < 1.29 is 17.4 Å². The standard InChI is InChI=1S/C13H13N3O4S2/c1-2-11-15-12(20-16-11)8-22(17,18)7-9-6-19-13(14-9)10-4-3-5-21-10/h3-6H,2,7-8H2,1H3. The fourth-order valence-corrected chi connectivity index (χ4v) is 3.68. The largest absolute Gasteiger partial charge is 0.444 e. The highest BCUT2D eigenvalue weighted by atomic mass is 32.2. The zero-order chi connectivity index (χ0) is 15.6. The van der Waals surface area contributed by atoms with Crippen molar-refractivity contribution in [3.63, 3.8) is 0 Å². The van der Waals surface area contributed by atoms with Gasteiger partial charge >= 0.3 is 0 Å². The molecule has 9 heteroatoms. The van der Waals surface area contributed by atoms with Crippen molar-refractivity contribution >= 4 is 21.2 Å². The number of nitrogens with zero attached hydrogens (tertiary/aromatic N) is 3. The number of hydrogen-bond donors (Lipinski definition) is 0. The van der Waals surface area contributed by atoms with Crippen molar-refractivity contribution in [1.82, 2.24) is 15.1 Å². The van der Waals surface area contributed by atoms with E-state index in [0.29, 0.717) is 23.8 Å². The molecule has 0 bridgehead atoms. The molecule has 0 aliphatic carbocycles. The van der Waals surface area contributed by atoms with Gasteiger partial charge in [0, 0.05) is 6.42 Å². The van der Waals surface area contributed by atoms with Gasteiger partial charge in [-0.25, -0.2) is 13.4 Å². The Labute approximate surface area is 130 Å². The predicted molar refractivity (Wildman–Crippen MR) is 79.8 cm³/mol. The van der Waals surface area contributed by atoms with Crippen LogP contribution in [0.1, 0.15) is 24.3 Å². The summed E-state index contributed by atoms with van der Waals surface area (Å²) < 4.78 is 34.5. The van der Waals surface area contributed by atoms with E-state index in [1.807, 2.05) is 24.4 Å². The van der Waals surface area contributed by atoms with E-state index in [0.717, 1.165) is 4.88 Å². The molecule has 0 saturated heterocycles. The topological polar surface area (TPSA) is 99.1 Å². The average molecular weight is 339 g/mol. The molecule has 0 N–H and O–H groups in total. The Morgan fingerprint density at radius 1 is 1.27 bits per heavy atom. The van der Waals surface area contributed by atoms with Gasteiger partial charge in [-0.1, -0.05) is 18.1 Å². The zero-order valence-electron chi connectivity index (χ0n) is 11.7. The number of aryl methyl sites for hydroxylation is 1. The molecule has 0 aliphatic rings. The maximum atomic E-state index is 12.2. The number of sulfone groups is 1. The maximum Gasteiger partial charge on any atom is 0.241 e. The molecule has 3 aromatic heterocycles. The highest BCUT2D eigenvalue weighted by Crippen LogP contribution is 2.24. The SMILES string of the molecule is CCc1noc(CS(=O)(=O)Cc2coc(-c3cccs3)n2)n1. The summed E-state index contributed by atoms with van der Waals surface area (Å²) in [5.41, 5.74) is 0.360. The summed E-state index contributed by atoms with van der Waals surface area (Å²) >= 11 is 1.48. The number of thiophene rings is 1. The summed E-state index contributed by atoms with van der Waals surface area (Å²) in [6, 6.07) is 3.74. The van der Waals surface area contributed by atoms with Crippen LogP contribution in [-0.2, 0) is 27.8 Å². The smallest absolute Gasteiger partial charge is 0.241 e. The molecule has 0 unspecified atom stereocenters. The molecule has 3 aromatic rings. The number of hydrogen-bond acceptors (Lipinski definition) is 8. The van der Waals surface area contributed by atoms with Crippen molar-refractivity contribution in [3.05, 3.63) is 41.2 Å². The fourth-order valence-electron chi connectivity index (χ4n) is 1.84. The minimum absolute atomic E-state index is 0.0961. The first-order chi connectivity index (χ1) is 10.6. The van der Waals surface area contributed by atoms with Crippen LogP contribution in [0.15, 0.2) is 32.7 Å². The zero-order valence-corrected chi connectivity index (χ0v) is 13.4. The van der Waals surface area contributed by atoms with Gasteiger partial charge in [0.2, 0.25) is 11.8 Å². The molecular formula is C13H13N3O4S2. The average Bonchev–Trinajstić information content (AvgIpc) is 3.17. The van der Waals surface area contributed by atoms with Crippen molar-refractivity contribution in [2.45, 2.75) is 24.9 Å². The van der Waals surface area contributed by atoms with Crippen molar-refractivity contribution in [2.75, 3.05) is 0 Å². The van der Waals surface area contributed by atoms with Crippen molar-refractivity contribution in [3.8, 4) is 10.8 Å². The van der Waals surface area contributed by atoms with Gasteiger partial charge in [0.1, 0.15) is 12.0 Å². The third kappa shape index (κ3) is 3.42. The van der Waals surface area contributed by atoms with Crippen LogP contribution in [0.5, 0.6) is 0 Å². The van der Waals surface area contributed by atoms with Gasteiger partial charge in [0.25, 0.3) is 0 Å². The highest BCUT2D eigenvalue weighted by molar-refractivity contribution is 7.89. The van der Waals surface area contributed by atoms with E-state index in [-0.39, 0.29) is 17.4 Å². The van der Waals surface area contributed by atoms with E-state index in [4.69, 9.17) is 8.94 Å². The molecule has 0 fully saturated rings. The second-order valence-electron chi connectivity index (χ2n) is 4.61. The molecule has 0 amide bonds. The fraction of sp³-hybridized carbons (Fsp3) is 0.308. The normalized spacial score (nSPS) is 11.9. The van der Waals surface area contributed by atoms with Gasteiger partial charge < -0.3 is 8.94 Å². The predicted octanol–water partition coefficient (Wildman–Crippen LogP) is 2.46. The molecule has 0 aliphatic heterocycles. The lowest BCUT2D eigenvalue weighted by atomic mass is 10.5. The monoisotopic (exact) mass is 339 g/mol. The van der Waals surface area contributed by atoms with Crippen LogP contribution in [0.4, 0.5) is 0 Å². The maximum absolute atomic E-state index is 12.2. The van der Waals surface area contributed by atoms with E-state index in [2.05, 4.69) is 15.1 Å². The molecule has 0 atom stereocenters. The summed E-state index contributed by atoms with van der Waals surface area (Å²) in [5, 5.41) is 5.58. The molecule has 22 heavy (non-hydrogen) atoms. The molecular weight excluding hydrogens is 326 g/mol. The van der Waals surface area contributed by atoms with E-state index >= 15 is 0 Å². The summed E-state index contributed by atoms with van der Waals surface area (Å²) in [5.74, 6) is 0.476. The molecule has 116 valence electrons.